The van der Waals surface area contributed by atoms with Crippen molar-refractivity contribution in [3.05, 3.63) is 0 Å². The van der Waals surface area contributed by atoms with Crippen molar-refractivity contribution >= 4 is 11.8 Å². The predicted octanol–water partition coefficient (Wildman–Crippen LogP) is -0.149. The highest BCUT2D eigenvalue weighted by Crippen LogP contribution is 2.36. The van der Waals surface area contributed by atoms with Crippen LogP contribution in [0.4, 0.5) is 0 Å². The Labute approximate surface area is 107 Å². The molecule has 2 heterocycles. The SMILES string of the molecule is NC1CC[C@@H]2CN(C(=O)C3CCC(=O)N3)C[C@@H]2C1. The monoisotopic (exact) mass is 251 g/mol. The topological polar surface area (TPSA) is 75.4 Å². The highest BCUT2D eigenvalue weighted by molar-refractivity contribution is 5.90. The normalized spacial score (nSPS) is 39.6. The first-order chi connectivity index (χ1) is 8.63. The minimum absolute atomic E-state index is 0.00647. The van der Waals surface area contributed by atoms with Gasteiger partial charge in [-0.2, -0.15) is 0 Å². The molecule has 0 spiro atoms. The first-order valence-corrected chi connectivity index (χ1v) is 6.97. The van der Waals surface area contributed by atoms with Crippen LogP contribution in [0.5, 0.6) is 0 Å². The lowest BCUT2D eigenvalue weighted by atomic mass is 9.79. The number of amides is 2. The smallest absolute Gasteiger partial charge is 0.245 e. The van der Waals surface area contributed by atoms with Gasteiger partial charge in [-0.3, -0.25) is 9.59 Å². The van der Waals surface area contributed by atoms with Crippen molar-refractivity contribution in [1.29, 1.82) is 0 Å². The number of carbonyl (C=O) groups excluding carboxylic acids is 2. The Hall–Kier alpha value is -1.10. The molecule has 0 radical (unpaired) electrons. The van der Waals surface area contributed by atoms with E-state index >= 15 is 0 Å². The Bertz CT molecular complexity index is 371. The molecule has 0 aromatic heterocycles. The Morgan fingerprint density at radius 1 is 1.22 bits per heavy atom. The summed E-state index contributed by atoms with van der Waals surface area (Å²) in [5, 5.41) is 2.77. The van der Waals surface area contributed by atoms with Gasteiger partial charge >= 0.3 is 0 Å². The summed E-state index contributed by atoms with van der Waals surface area (Å²) in [5.74, 6) is 1.33. The molecule has 3 aliphatic rings. The summed E-state index contributed by atoms with van der Waals surface area (Å²) in [6.07, 6.45) is 4.42. The summed E-state index contributed by atoms with van der Waals surface area (Å²) >= 11 is 0. The van der Waals surface area contributed by atoms with Gasteiger partial charge in [-0.05, 0) is 37.5 Å². The number of rotatable bonds is 1. The van der Waals surface area contributed by atoms with E-state index in [0.717, 1.165) is 32.4 Å². The van der Waals surface area contributed by atoms with Crippen molar-refractivity contribution < 1.29 is 9.59 Å². The van der Waals surface area contributed by atoms with Crippen LogP contribution in [0.15, 0.2) is 0 Å². The summed E-state index contributed by atoms with van der Waals surface area (Å²) in [4.78, 5) is 25.4. The third-order valence-electron chi connectivity index (χ3n) is 4.70. The maximum absolute atomic E-state index is 12.3. The van der Waals surface area contributed by atoms with E-state index in [-0.39, 0.29) is 17.9 Å². The van der Waals surface area contributed by atoms with Crippen molar-refractivity contribution in [2.45, 2.75) is 44.2 Å². The molecule has 4 atom stereocenters. The van der Waals surface area contributed by atoms with Crippen molar-refractivity contribution in [1.82, 2.24) is 10.2 Å². The van der Waals surface area contributed by atoms with Gasteiger partial charge in [0.2, 0.25) is 11.8 Å². The molecule has 1 saturated carbocycles. The van der Waals surface area contributed by atoms with Crippen LogP contribution in [-0.2, 0) is 9.59 Å². The maximum Gasteiger partial charge on any atom is 0.245 e. The molecule has 3 fully saturated rings. The quantitative estimate of drug-likeness (QED) is 0.680. The molecule has 0 aromatic rings. The third-order valence-corrected chi connectivity index (χ3v) is 4.70. The lowest BCUT2D eigenvalue weighted by molar-refractivity contribution is -0.133. The van der Waals surface area contributed by atoms with Crippen LogP contribution >= 0.6 is 0 Å². The van der Waals surface area contributed by atoms with E-state index in [1.165, 1.54) is 0 Å². The van der Waals surface area contributed by atoms with Crippen molar-refractivity contribution in [2.24, 2.45) is 17.6 Å². The Morgan fingerprint density at radius 2 is 2.00 bits per heavy atom. The van der Waals surface area contributed by atoms with Crippen LogP contribution in [0.3, 0.4) is 0 Å². The maximum atomic E-state index is 12.3. The minimum atomic E-state index is -0.272. The molecular weight excluding hydrogens is 230 g/mol. The number of hydrogen-bond donors (Lipinski definition) is 2. The average Bonchev–Trinajstić information content (AvgIpc) is 2.93. The number of fused-ring (bicyclic) bond motifs is 1. The molecule has 2 aliphatic heterocycles. The van der Waals surface area contributed by atoms with Crippen LogP contribution in [0, 0.1) is 11.8 Å². The highest BCUT2D eigenvalue weighted by atomic mass is 16.2. The third kappa shape index (κ3) is 2.11. The van der Waals surface area contributed by atoms with Crippen molar-refractivity contribution in [3.8, 4) is 0 Å². The van der Waals surface area contributed by atoms with Gasteiger partial charge < -0.3 is 16.0 Å². The van der Waals surface area contributed by atoms with Crippen molar-refractivity contribution in [2.75, 3.05) is 13.1 Å². The number of nitrogens with zero attached hydrogens (tertiary/aromatic N) is 1. The summed E-state index contributed by atoms with van der Waals surface area (Å²) in [7, 11) is 0. The second kappa shape index (κ2) is 4.53. The minimum Gasteiger partial charge on any atom is -0.344 e. The predicted molar refractivity (Wildman–Crippen MR) is 66.6 cm³/mol. The summed E-state index contributed by atoms with van der Waals surface area (Å²) < 4.78 is 0. The van der Waals surface area contributed by atoms with Gasteiger partial charge in [0.15, 0.2) is 0 Å². The van der Waals surface area contributed by atoms with E-state index in [9.17, 15) is 9.59 Å². The molecule has 0 bridgehead atoms. The fourth-order valence-electron chi connectivity index (χ4n) is 3.67. The van der Waals surface area contributed by atoms with Crippen LogP contribution in [0.2, 0.25) is 0 Å². The number of likely N-dealkylation sites (tertiary alicyclic amines) is 1. The van der Waals surface area contributed by atoms with E-state index in [4.69, 9.17) is 5.73 Å². The molecule has 0 aromatic carbocycles. The number of nitrogens with two attached hydrogens (primary N) is 1. The highest BCUT2D eigenvalue weighted by Gasteiger charge is 2.41. The zero-order valence-corrected chi connectivity index (χ0v) is 10.6. The van der Waals surface area contributed by atoms with E-state index in [1.807, 2.05) is 4.90 Å². The molecule has 18 heavy (non-hydrogen) atoms. The van der Waals surface area contributed by atoms with Gasteiger partial charge in [0.25, 0.3) is 0 Å². The van der Waals surface area contributed by atoms with Gasteiger partial charge in [0, 0.05) is 25.6 Å². The molecule has 2 saturated heterocycles. The van der Waals surface area contributed by atoms with Gasteiger partial charge in [-0.1, -0.05) is 0 Å². The summed E-state index contributed by atoms with van der Waals surface area (Å²) in [6.45, 7) is 1.70. The molecule has 5 heteroatoms. The number of carbonyl (C=O) groups is 2. The Morgan fingerprint density at radius 3 is 2.72 bits per heavy atom. The molecule has 2 unspecified atom stereocenters. The van der Waals surface area contributed by atoms with Crippen LogP contribution in [0.25, 0.3) is 0 Å². The Balaban J connectivity index is 1.61. The fraction of sp³-hybridized carbons (Fsp3) is 0.846. The van der Waals surface area contributed by atoms with E-state index in [0.29, 0.717) is 30.7 Å². The average molecular weight is 251 g/mol. The van der Waals surface area contributed by atoms with E-state index in [1.54, 1.807) is 0 Å². The summed E-state index contributed by atoms with van der Waals surface area (Å²) in [5.41, 5.74) is 5.99. The zero-order chi connectivity index (χ0) is 12.7. The van der Waals surface area contributed by atoms with Crippen LogP contribution in [0.1, 0.15) is 32.1 Å². The van der Waals surface area contributed by atoms with E-state index in [2.05, 4.69) is 5.32 Å². The molecule has 3 rings (SSSR count). The van der Waals surface area contributed by atoms with Gasteiger partial charge in [-0.15, -0.1) is 0 Å². The first-order valence-electron chi connectivity index (χ1n) is 6.97. The number of nitrogens with one attached hydrogen (secondary N) is 1. The summed E-state index contributed by atoms with van der Waals surface area (Å²) in [6, 6.07) is 0.0406. The molecule has 3 N–H and O–H groups in total. The molecule has 1 aliphatic carbocycles. The Kier molecular flexibility index (Phi) is 3.01. The first kappa shape index (κ1) is 12.0. The largest absolute Gasteiger partial charge is 0.344 e. The second-order valence-corrected chi connectivity index (χ2v) is 6.00. The molecule has 2 amide bonds. The second-order valence-electron chi connectivity index (χ2n) is 6.00. The lowest BCUT2D eigenvalue weighted by Gasteiger charge is -2.27. The van der Waals surface area contributed by atoms with Crippen molar-refractivity contribution in [3.63, 3.8) is 0 Å². The molecule has 100 valence electrons. The zero-order valence-electron chi connectivity index (χ0n) is 10.6. The molecule has 5 nitrogen and oxygen atoms in total. The van der Waals surface area contributed by atoms with Crippen LogP contribution in [-0.4, -0.2) is 41.9 Å². The van der Waals surface area contributed by atoms with Gasteiger partial charge in [0.1, 0.15) is 6.04 Å². The fourth-order valence-corrected chi connectivity index (χ4v) is 3.67. The van der Waals surface area contributed by atoms with Crippen LogP contribution < -0.4 is 11.1 Å². The lowest BCUT2D eigenvalue weighted by Crippen LogP contribution is -2.43. The number of hydrogen-bond acceptors (Lipinski definition) is 3. The molecular formula is C13H21N3O2. The standard InChI is InChI=1S/C13H21N3O2/c14-10-2-1-8-6-16(7-9(8)5-10)13(18)11-3-4-12(17)15-11/h8-11H,1-7,14H2,(H,15,17)/t8-,9+,10?,11?/m1/s1. The van der Waals surface area contributed by atoms with E-state index < -0.39 is 0 Å². The van der Waals surface area contributed by atoms with Gasteiger partial charge in [0.05, 0.1) is 0 Å². The van der Waals surface area contributed by atoms with Gasteiger partial charge in [-0.25, -0.2) is 0 Å².